The number of aryl methyl sites for hydroxylation is 1. The zero-order valence-electron chi connectivity index (χ0n) is 14.3. The minimum atomic E-state index is -0.644. The van der Waals surface area contributed by atoms with E-state index in [1.165, 1.54) is 16.5 Å². The lowest BCUT2D eigenvalue weighted by atomic mass is 10.4. The van der Waals surface area contributed by atoms with E-state index in [9.17, 15) is 14.7 Å². The van der Waals surface area contributed by atoms with Gasteiger partial charge in [0.15, 0.2) is 11.2 Å². The average Bonchev–Trinajstić information content (AvgIpc) is 2.81. The number of imidazole rings is 1. The van der Waals surface area contributed by atoms with Gasteiger partial charge in [-0.05, 0) is 6.92 Å². The molecule has 9 heteroatoms. The molecule has 2 heterocycles. The zero-order chi connectivity index (χ0) is 17.3. The van der Waals surface area contributed by atoms with Crippen LogP contribution in [0, 0.1) is 0 Å². The molecule has 2 rings (SSSR count). The summed E-state index contributed by atoms with van der Waals surface area (Å²) in [5.41, 5.74) is -0.204. The maximum absolute atomic E-state index is 12.5. The number of nitrogens with one attached hydrogen (secondary N) is 2. The van der Waals surface area contributed by atoms with Gasteiger partial charge >= 0.3 is 5.69 Å². The molecule has 0 aliphatic rings. The Labute approximate surface area is 133 Å². The van der Waals surface area contributed by atoms with Crippen molar-refractivity contribution < 1.29 is 10.0 Å². The van der Waals surface area contributed by atoms with Crippen molar-refractivity contribution >= 4 is 17.1 Å². The topological polar surface area (TPSA) is 98.5 Å². The van der Waals surface area contributed by atoms with Gasteiger partial charge in [-0.3, -0.25) is 13.9 Å². The second-order valence-electron chi connectivity index (χ2n) is 6.16. The number of fused-ring (bicyclic) bond motifs is 1. The number of quaternary nitrogens is 1. The average molecular weight is 325 g/mol. The minimum absolute atomic E-state index is 0.223. The summed E-state index contributed by atoms with van der Waals surface area (Å²) in [5.74, 6) is 0.487. The van der Waals surface area contributed by atoms with Crippen molar-refractivity contribution in [2.75, 3.05) is 32.5 Å². The van der Waals surface area contributed by atoms with Crippen LogP contribution >= 0.6 is 0 Å². The summed E-state index contributed by atoms with van der Waals surface area (Å²) in [6, 6.07) is 0. The summed E-state index contributed by atoms with van der Waals surface area (Å²) in [7, 11) is 7.10. The van der Waals surface area contributed by atoms with Crippen LogP contribution in [0.25, 0.3) is 11.2 Å². The van der Waals surface area contributed by atoms with Crippen molar-refractivity contribution in [2.45, 2.75) is 19.6 Å². The number of hydrogen-bond donors (Lipinski definition) is 3. The van der Waals surface area contributed by atoms with Crippen LogP contribution in [0.1, 0.15) is 6.92 Å². The molecule has 23 heavy (non-hydrogen) atoms. The smallest absolute Gasteiger partial charge is 0.332 e. The molecule has 0 bridgehead atoms. The van der Waals surface area contributed by atoms with Crippen molar-refractivity contribution in [3.63, 3.8) is 0 Å². The monoisotopic (exact) mass is 325 g/mol. The summed E-state index contributed by atoms with van der Waals surface area (Å²) in [5, 5.41) is 12.9. The highest BCUT2D eigenvalue weighted by molar-refractivity contribution is 5.74. The highest BCUT2D eigenvalue weighted by atomic mass is 16.3. The third kappa shape index (κ3) is 3.30. The van der Waals surface area contributed by atoms with Crippen LogP contribution in [0.5, 0.6) is 0 Å². The lowest BCUT2D eigenvalue weighted by Crippen LogP contribution is -3.06. The van der Waals surface area contributed by atoms with Gasteiger partial charge in [0.25, 0.3) is 5.56 Å². The van der Waals surface area contributed by atoms with Crippen molar-refractivity contribution in [2.24, 2.45) is 14.1 Å². The molecule has 0 amide bonds. The quantitative estimate of drug-likeness (QED) is 0.540. The molecule has 0 radical (unpaired) electrons. The third-order valence-corrected chi connectivity index (χ3v) is 3.70. The fourth-order valence-electron chi connectivity index (χ4n) is 2.45. The SMILES string of the molecule is C[C@H](O)Cn1c(NCC[NH+](C)C)nc2c1c(=O)n(C)c(=O)n2C. The fraction of sp³-hybridized carbons (Fsp3) is 0.643. The van der Waals surface area contributed by atoms with Crippen LogP contribution in [-0.2, 0) is 20.6 Å². The van der Waals surface area contributed by atoms with E-state index in [-0.39, 0.29) is 6.54 Å². The predicted molar refractivity (Wildman–Crippen MR) is 88.1 cm³/mol. The van der Waals surface area contributed by atoms with Gasteiger partial charge in [0.05, 0.1) is 39.8 Å². The Morgan fingerprint density at radius 2 is 1.91 bits per heavy atom. The van der Waals surface area contributed by atoms with Crippen LogP contribution in [-0.4, -0.2) is 57.1 Å². The van der Waals surface area contributed by atoms with Crippen molar-refractivity contribution in [3.8, 4) is 0 Å². The van der Waals surface area contributed by atoms with E-state index in [1.54, 1.807) is 18.5 Å². The van der Waals surface area contributed by atoms with E-state index in [0.717, 1.165) is 11.1 Å². The Bertz CT molecular complexity index is 814. The molecule has 1 atom stereocenters. The zero-order valence-corrected chi connectivity index (χ0v) is 14.3. The van der Waals surface area contributed by atoms with E-state index < -0.39 is 17.4 Å². The molecule has 0 unspecified atom stereocenters. The standard InChI is InChI=1S/C14H24N6O3/c1-9(21)8-20-10-11(16-13(20)15-6-7-17(2)3)18(4)14(23)19(5)12(10)22/h9,21H,6-8H2,1-5H3,(H,15,16)/p+1/t9-/m0/s1. The van der Waals surface area contributed by atoms with Gasteiger partial charge in [0.1, 0.15) is 0 Å². The summed E-state index contributed by atoms with van der Waals surface area (Å²) < 4.78 is 4.04. The second-order valence-corrected chi connectivity index (χ2v) is 6.16. The van der Waals surface area contributed by atoms with E-state index in [4.69, 9.17) is 0 Å². The number of hydrogen-bond acceptors (Lipinski definition) is 5. The normalized spacial score (nSPS) is 13.0. The molecule has 2 aromatic rings. The molecule has 0 saturated heterocycles. The number of aromatic nitrogens is 4. The molecule has 3 N–H and O–H groups in total. The predicted octanol–water partition coefficient (Wildman–Crippen LogP) is -2.63. The first-order valence-corrected chi connectivity index (χ1v) is 7.61. The van der Waals surface area contributed by atoms with Crippen molar-refractivity contribution in [3.05, 3.63) is 20.8 Å². The number of anilines is 1. The number of aliphatic hydroxyl groups is 1. The Kier molecular flexibility index (Phi) is 4.90. The molecule has 9 nitrogen and oxygen atoms in total. The second kappa shape index (κ2) is 6.55. The molecule has 128 valence electrons. The van der Waals surface area contributed by atoms with Gasteiger partial charge in [0, 0.05) is 14.1 Å². The molecular formula is C14H25N6O3+. The van der Waals surface area contributed by atoms with Gasteiger partial charge in [-0.1, -0.05) is 0 Å². The van der Waals surface area contributed by atoms with Gasteiger partial charge in [-0.2, -0.15) is 4.98 Å². The summed E-state index contributed by atoms with van der Waals surface area (Å²) in [4.78, 5) is 30.2. The van der Waals surface area contributed by atoms with Crippen LogP contribution < -0.4 is 21.5 Å². The Hall–Kier alpha value is -2.13. The molecule has 0 aliphatic carbocycles. The minimum Gasteiger partial charge on any atom is -0.392 e. The third-order valence-electron chi connectivity index (χ3n) is 3.70. The maximum atomic E-state index is 12.5. The van der Waals surface area contributed by atoms with E-state index in [2.05, 4.69) is 10.3 Å². The number of aliphatic hydroxyl groups excluding tert-OH is 1. The first-order chi connectivity index (χ1) is 10.7. The van der Waals surface area contributed by atoms with Crippen LogP contribution in [0.15, 0.2) is 9.59 Å². The molecule has 0 aromatic carbocycles. The van der Waals surface area contributed by atoms with Crippen LogP contribution in [0.4, 0.5) is 5.95 Å². The summed E-state index contributed by atoms with van der Waals surface area (Å²) in [6.45, 7) is 3.40. The largest absolute Gasteiger partial charge is 0.392 e. The van der Waals surface area contributed by atoms with E-state index in [1.807, 2.05) is 14.1 Å². The maximum Gasteiger partial charge on any atom is 0.332 e. The number of likely N-dealkylation sites (N-methyl/N-ethyl adjacent to an activating group) is 1. The van der Waals surface area contributed by atoms with Crippen LogP contribution in [0.2, 0.25) is 0 Å². The lowest BCUT2D eigenvalue weighted by molar-refractivity contribution is -0.856. The Balaban J connectivity index is 2.62. The highest BCUT2D eigenvalue weighted by Gasteiger charge is 2.19. The molecule has 2 aromatic heterocycles. The van der Waals surface area contributed by atoms with Gasteiger partial charge in [0.2, 0.25) is 5.95 Å². The highest BCUT2D eigenvalue weighted by Crippen LogP contribution is 2.15. The summed E-state index contributed by atoms with van der Waals surface area (Å²) >= 11 is 0. The Morgan fingerprint density at radius 1 is 1.26 bits per heavy atom. The fourth-order valence-corrected chi connectivity index (χ4v) is 2.45. The van der Waals surface area contributed by atoms with Crippen molar-refractivity contribution in [1.82, 2.24) is 18.7 Å². The molecule has 0 aliphatic heterocycles. The molecule has 0 spiro atoms. The first-order valence-electron chi connectivity index (χ1n) is 7.61. The molecular weight excluding hydrogens is 300 g/mol. The van der Waals surface area contributed by atoms with Crippen molar-refractivity contribution in [1.29, 1.82) is 0 Å². The van der Waals surface area contributed by atoms with Gasteiger partial charge in [-0.25, -0.2) is 4.79 Å². The Morgan fingerprint density at radius 3 is 2.48 bits per heavy atom. The number of nitrogens with zero attached hydrogens (tertiary/aromatic N) is 4. The number of rotatable bonds is 6. The van der Waals surface area contributed by atoms with Gasteiger partial charge in [-0.15, -0.1) is 0 Å². The molecule has 0 saturated carbocycles. The van der Waals surface area contributed by atoms with E-state index in [0.29, 0.717) is 23.7 Å². The molecule has 0 fully saturated rings. The van der Waals surface area contributed by atoms with Crippen LogP contribution in [0.3, 0.4) is 0 Å². The lowest BCUT2D eigenvalue weighted by Gasteiger charge is -2.13. The first kappa shape index (κ1) is 17.2. The summed E-state index contributed by atoms with van der Waals surface area (Å²) in [6.07, 6.45) is -0.644. The van der Waals surface area contributed by atoms with Gasteiger partial charge < -0.3 is 19.9 Å². The van der Waals surface area contributed by atoms with E-state index >= 15 is 0 Å².